The third-order valence-corrected chi connectivity index (χ3v) is 10.5. The molecule has 0 saturated heterocycles. The first kappa shape index (κ1) is 20.1. The van der Waals surface area contributed by atoms with Gasteiger partial charge in [-0.05, 0) is 97.7 Å². The number of aryl methyl sites for hydroxylation is 1. The molecule has 29 heavy (non-hydrogen) atoms. The van der Waals surface area contributed by atoms with Gasteiger partial charge in [0, 0.05) is 11.3 Å². The molecule has 4 aliphatic rings. The highest BCUT2D eigenvalue weighted by Crippen LogP contribution is 2.66. The molecular formula is C27H44N2. The van der Waals surface area contributed by atoms with E-state index in [1.54, 1.807) is 5.56 Å². The average Bonchev–Trinajstić information content (AvgIpc) is 3.23. The van der Waals surface area contributed by atoms with Gasteiger partial charge in [-0.15, -0.1) is 0 Å². The molecule has 1 N–H and O–H groups in total. The highest BCUT2D eigenvalue weighted by atomic mass is 15.1. The van der Waals surface area contributed by atoms with Crippen LogP contribution in [-0.2, 0) is 18.3 Å². The predicted octanol–water partition coefficient (Wildman–Crippen LogP) is 7.08. The molecule has 1 aromatic heterocycles. The summed E-state index contributed by atoms with van der Waals surface area (Å²) in [5, 5.41) is 8.31. The van der Waals surface area contributed by atoms with Crippen LogP contribution in [0.1, 0.15) is 109 Å². The molecule has 2 heteroatoms. The van der Waals surface area contributed by atoms with Crippen LogP contribution in [0.5, 0.6) is 0 Å². The summed E-state index contributed by atoms with van der Waals surface area (Å²) in [7, 11) is 0. The zero-order valence-corrected chi connectivity index (χ0v) is 19.7. The second kappa shape index (κ2) is 7.13. The molecule has 0 aliphatic heterocycles. The summed E-state index contributed by atoms with van der Waals surface area (Å²) in [6.07, 6.45) is 15.4. The van der Waals surface area contributed by atoms with Crippen molar-refractivity contribution in [3.05, 3.63) is 17.0 Å². The fraction of sp³-hybridized carbons (Fsp3) is 0.889. The number of hydrogen-bond donors (Lipinski definition) is 1. The number of H-pyrrole nitrogens is 1. The Morgan fingerprint density at radius 2 is 1.86 bits per heavy atom. The zero-order valence-electron chi connectivity index (χ0n) is 19.7. The van der Waals surface area contributed by atoms with E-state index in [9.17, 15) is 0 Å². The van der Waals surface area contributed by atoms with Crippen LogP contribution in [0.4, 0.5) is 0 Å². The minimum absolute atomic E-state index is 0.404. The van der Waals surface area contributed by atoms with Crippen LogP contribution in [-0.4, -0.2) is 10.2 Å². The quantitative estimate of drug-likeness (QED) is 0.566. The Hall–Kier alpha value is -0.790. The summed E-state index contributed by atoms with van der Waals surface area (Å²) >= 11 is 0. The van der Waals surface area contributed by atoms with Crippen LogP contribution in [0.25, 0.3) is 0 Å². The fourth-order valence-corrected chi connectivity index (χ4v) is 9.17. The maximum absolute atomic E-state index is 4.79. The van der Waals surface area contributed by atoms with Crippen molar-refractivity contribution in [2.75, 3.05) is 0 Å². The smallest absolute Gasteiger partial charge is 0.0662 e. The minimum atomic E-state index is 0.404. The molecule has 1 heterocycles. The number of nitrogens with one attached hydrogen (secondary N) is 1. The van der Waals surface area contributed by atoms with Gasteiger partial charge in [0.25, 0.3) is 0 Å². The van der Waals surface area contributed by atoms with Gasteiger partial charge in [-0.25, -0.2) is 0 Å². The van der Waals surface area contributed by atoms with Crippen LogP contribution in [0, 0.1) is 40.9 Å². The zero-order chi connectivity index (χ0) is 20.4. The van der Waals surface area contributed by atoms with E-state index < -0.39 is 0 Å². The van der Waals surface area contributed by atoms with Crippen molar-refractivity contribution in [3.63, 3.8) is 0 Å². The molecule has 5 rings (SSSR count). The molecule has 0 spiro atoms. The van der Waals surface area contributed by atoms with Crippen LogP contribution in [0.2, 0.25) is 0 Å². The molecule has 162 valence electrons. The Balaban J connectivity index is 1.39. The summed E-state index contributed by atoms with van der Waals surface area (Å²) in [5.74, 6) is 5.46. The van der Waals surface area contributed by atoms with Gasteiger partial charge < -0.3 is 0 Å². The molecule has 7 atom stereocenters. The van der Waals surface area contributed by atoms with Crippen LogP contribution in [0.15, 0.2) is 0 Å². The maximum Gasteiger partial charge on any atom is 0.0662 e. The molecule has 0 amide bonds. The first-order chi connectivity index (χ1) is 13.8. The number of fused-ring (bicyclic) bond motifs is 4. The minimum Gasteiger partial charge on any atom is -0.282 e. The summed E-state index contributed by atoms with van der Waals surface area (Å²) in [5.41, 5.74) is 5.61. The van der Waals surface area contributed by atoms with Crippen molar-refractivity contribution in [1.29, 1.82) is 0 Å². The lowest BCUT2D eigenvalue weighted by Gasteiger charge is -2.57. The summed E-state index contributed by atoms with van der Waals surface area (Å²) < 4.78 is 0. The van der Waals surface area contributed by atoms with E-state index in [0.29, 0.717) is 10.8 Å². The van der Waals surface area contributed by atoms with Gasteiger partial charge in [-0.1, -0.05) is 53.9 Å². The summed E-state index contributed by atoms with van der Waals surface area (Å²) in [4.78, 5) is 0. The lowest BCUT2D eigenvalue weighted by molar-refractivity contribution is -0.0386. The Morgan fingerprint density at radius 3 is 2.66 bits per heavy atom. The normalized spacial score (nSPS) is 41.7. The first-order valence-electron chi connectivity index (χ1n) is 12.9. The SMILES string of the molecule is CC(C)CCCC(C)C1CCC2C3Cc4[nH]nc5c4C(C)(CCC5)C3CCC12C. The van der Waals surface area contributed by atoms with E-state index in [2.05, 4.69) is 39.7 Å². The molecule has 2 nitrogen and oxygen atoms in total. The van der Waals surface area contributed by atoms with Crippen molar-refractivity contribution >= 4 is 0 Å². The predicted molar refractivity (Wildman–Crippen MR) is 121 cm³/mol. The van der Waals surface area contributed by atoms with Gasteiger partial charge in [0.2, 0.25) is 0 Å². The van der Waals surface area contributed by atoms with Crippen molar-refractivity contribution in [2.24, 2.45) is 40.9 Å². The molecule has 7 unspecified atom stereocenters. The number of aromatic amines is 1. The standard InChI is InChI=1S/C27H44N2/c1-17(2)8-6-9-18(3)20-11-12-21-19-16-24-25-23(28-29-24)10-7-14-27(25,5)22(19)13-15-26(20,21)4/h17-22H,6-16H2,1-5H3,(H,28,29). The van der Waals surface area contributed by atoms with Crippen molar-refractivity contribution in [3.8, 4) is 0 Å². The molecule has 2 fully saturated rings. The number of nitrogens with zero attached hydrogens (tertiary/aromatic N) is 1. The number of rotatable bonds is 5. The summed E-state index contributed by atoms with van der Waals surface area (Å²) in [6, 6.07) is 0. The third kappa shape index (κ3) is 2.98. The van der Waals surface area contributed by atoms with E-state index >= 15 is 0 Å². The van der Waals surface area contributed by atoms with E-state index in [4.69, 9.17) is 5.10 Å². The fourth-order valence-electron chi connectivity index (χ4n) is 9.17. The summed E-state index contributed by atoms with van der Waals surface area (Å²) in [6.45, 7) is 12.7. The van der Waals surface area contributed by atoms with Crippen LogP contribution in [0.3, 0.4) is 0 Å². The topological polar surface area (TPSA) is 28.7 Å². The van der Waals surface area contributed by atoms with Crippen LogP contribution >= 0.6 is 0 Å². The lowest BCUT2D eigenvalue weighted by Crippen LogP contribution is -2.52. The Bertz CT molecular complexity index is 748. The molecule has 0 radical (unpaired) electrons. The molecule has 1 aromatic rings. The van der Waals surface area contributed by atoms with Gasteiger partial charge in [0.05, 0.1) is 5.69 Å². The Morgan fingerprint density at radius 1 is 1.03 bits per heavy atom. The van der Waals surface area contributed by atoms with Gasteiger partial charge in [0.15, 0.2) is 0 Å². The first-order valence-corrected chi connectivity index (χ1v) is 12.9. The second-order valence-electron chi connectivity index (χ2n) is 12.4. The van der Waals surface area contributed by atoms with Crippen molar-refractivity contribution < 1.29 is 0 Å². The van der Waals surface area contributed by atoms with E-state index in [-0.39, 0.29) is 0 Å². The molecular weight excluding hydrogens is 352 g/mol. The van der Waals surface area contributed by atoms with E-state index in [1.165, 1.54) is 82.0 Å². The molecule has 4 aliphatic carbocycles. The van der Waals surface area contributed by atoms with Crippen molar-refractivity contribution in [1.82, 2.24) is 10.2 Å². The Labute approximate surface area is 179 Å². The monoisotopic (exact) mass is 396 g/mol. The van der Waals surface area contributed by atoms with Gasteiger partial charge in [-0.2, -0.15) is 5.10 Å². The highest BCUT2D eigenvalue weighted by molar-refractivity contribution is 5.40. The van der Waals surface area contributed by atoms with Gasteiger partial charge >= 0.3 is 0 Å². The molecule has 0 bridgehead atoms. The maximum atomic E-state index is 4.79. The number of aromatic nitrogens is 2. The highest BCUT2D eigenvalue weighted by Gasteiger charge is 2.60. The van der Waals surface area contributed by atoms with E-state index in [1.807, 2.05) is 0 Å². The lowest BCUT2D eigenvalue weighted by atomic mass is 9.47. The van der Waals surface area contributed by atoms with Crippen LogP contribution < -0.4 is 0 Å². The average molecular weight is 397 g/mol. The van der Waals surface area contributed by atoms with Gasteiger partial charge in [-0.3, -0.25) is 5.10 Å². The Kier molecular flexibility index (Phi) is 4.95. The van der Waals surface area contributed by atoms with Crippen molar-refractivity contribution in [2.45, 2.75) is 111 Å². The second-order valence-corrected chi connectivity index (χ2v) is 12.4. The largest absolute Gasteiger partial charge is 0.282 e. The van der Waals surface area contributed by atoms with E-state index in [0.717, 1.165) is 35.5 Å². The molecule has 2 saturated carbocycles. The third-order valence-electron chi connectivity index (χ3n) is 10.5. The van der Waals surface area contributed by atoms with Gasteiger partial charge in [0.1, 0.15) is 0 Å². The number of hydrogen-bond acceptors (Lipinski definition) is 1. The molecule has 0 aromatic carbocycles.